The van der Waals surface area contributed by atoms with Crippen molar-refractivity contribution >= 4 is 17.9 Å². The van der Waals surface area contributed by atoms with Crippen LogP contribution in [0.5, 0.6) is 0 Å². The first kappa shape index (κ1) is 62.6. The standard InChI is InChI=1S/C59H108O6/c1-4-7-10-13-16-19-22-25-27-28-29-30-32-34-37-40-43-46-49-52-58(61)64-55-56(54-63-57(60)51-48-45-42-39-36-33-24-21-18-15-12-9-6-3)65-59(62)53-50-47-44-41-38-35-31-26-23-20-17-14-11-8-5-2/h16,19,21,24-25,27,56H,4-15,17-18,20,22-23,26,28-55H2,1-3H3/b19-16-,24-21-,27-25-. The summed E-state index contributed by atoms with van der Waals surface area (Å²) in [6, 6.07) is 0. The van der Waals surface area contributed by atoms with Crippen molar-refractivity contribution in [1.82, 2.24) is 0 Å². The summed E-state index contributed by atoms with van der Waals surface area (Å²) in [7, 11) is 0. The molecule has 0 aliphatic rings. The van der Waals surface area contributed by atoms with Gasteiger partial charge in [-0.25, -0.2) is 0 Å². The Bertz CT molecular complexity index is 1090. The molecule has 0 bridgehead atoms. The molecule has 65 heavy (non-hydrogen) atoms. The van der Waals surface area contributed by atoms with E-state index in [4.69, 9.17) is 14.2 Å². The number of esters is 3. The van der Waals surface area contributed by atoms with Gasteiger partial charge in [0.05, 0.1) is 0 Å². The van der Waals surface area contributed by atoms with Gasteiger partial charge in [0.2, 0.25) is 0 Å². The molecule has 0 fully saturated rings. The lowest BCUT2D eigenvalue weighted by Gasteiger charge is -2.18. The van der Waals surface area contributed by atoms with E-state index in [9.17, 15) is 14.4 Å². The molecule has 0 saturated carbocycles. The molecule has 6 heteroatoms. The molecule has 380 valence electrons. The van der Waals surface area contributed by atoms with E-state index in [1.165, 1.54) is 193 Å². The molecule has 0 radical (unpaired) electrons. The zero-order chi connectivity index (χ0) is 47.2. The van der Waals surface area contributed by atoms with Crippen molar-refractivity contribution in [3.05, 3.63) is 36.5 Å². The molecular weight excluding hydrogens is 805 g/mol. The summed E-state index contributed by atoms with van der Waals surface area (Å²) in [6.07, 6.45) is 64.1. The van der Waals surface area contributed by atoms with Crippen LogP contribution in [0.15, 0.2) is 36.5 Å². The largest absolute Gasteiger partial charge is 0.462 e. The highest BCUT2D eigenvalue weighted by atomic mass is 16.6. The van der Waals surface area contributed by atoms with Crippen LogP contribution in [-0.2, 0) is 28.6 Å². The van der Waals surface area contributed by atoms with Gasteiger partial charge in [-0.2, -0.15) is 0 Å². The smallest absolute Gasteiger partial charge is 0.306 e. The number of ether oxygens (including phenoxy) is 3. The van der Waals surface area contributed by atoms with E-state index in [1.54, 1.807) is 0 Å². The summed E-state index contributed by atoms with van der Waals surface area (Å²) in [5.74, 6) is -0.870. The third kappa shape index (κ3) is 52.5. The molecule has 0 N–H and O–H groups in total. The van der Waals surface area contributed by atoms with E-state index in [-0.39, 0.29) is 31.1 Å². The van der Waals surface area contributed by atoms with Crippen LogP contribution >= 0.6 is 0 Å². The van der Waals surface area contributed by atoms with Crippen molar-refractivity contribution < 1.29 is 28.6 Å². The fraction of sp³-hybridized carbons (Fsp3) is 0.847. The van der Waals surface area contributed by atoms with Gasteiger partial charge in [-0.15, -0.1) is 0 Å². The minimum absolute atomic E-state index is 0.0736. The van der Waals surface area contributed by atoms with E-state index in [2.05, 4.69) is 57.2 Å². The van der Waals surface area contributed by atoms with Gasteiger partial charge >= 0.3 is 17.9 Å². The Labute approximate surface area is 404 Å². The second kappa shape index (κ2) is 54.2. The quantitative estimate of drug-likeness (QED) is 0.0262. The number of allylic oxidation sites excluding steroid dienone is 6. The lowest BCUT2D eigenvalue weighted by molar-refractivity contribution is -0.167. The van der Waals surface area contributed by atoms with Gasteiger partial charge in [-0.05, 0) is 77.0 Å². The van der Waals surface area contributed by atoms with Gasteiger partial charge in [0.1, 0.15) is 13.2 Å². The van der Waals surface area contributed by atoms with Crippen molar-refractivity contribution in [3.8, 4) is 0 Å². The first-order valence-electron chi connectivity index (χ1n) is 28.5. The number of carbonyl (C=O) groups is 3. The van der Waals surface area contributed by atoms with Gasteiger partial charge < -0.3 is 14.2 Å². The summed E-state index contributed by atoms with van der Waals surface area (Å²) in [5.41, 5.74) is 0. The second-order valence-electron chi connectivity index (χ2n) is 19.2. The highest BCUT2D eigenvalue weighted by Gasteiger charge is 2.19. The minimum Gasteiger partial charge on any atom is -0.462 e. The first-order chi connectivity index (χ1) is 32.0. The van der Waals surface area contributed by atoms with Crippen molar-refractivity contribution in [3.63, 3.8) is 0 Å². The van der Waals surface area contributed by atoms with Gasteiger partial charge in [0.25, 0.3) is 0 Å². The Morgan fingerprint density at radius 2 is 0.554 bits per heavy atom. The van der Waals surface area contributed by atoms with Crippen LogP contribution in [0.25, 0.3) is 0 Å². The fourth-order valence-corrected chi connectivity index (χ4v) is 8.29. The highest BCUT2D eigenvalue weighted by Crippen LogP contribution is 2.16. The lowest BCUT2D eigenvalue weighted by atomic mass is 10.0. The van der Waals surface area contributed by atoms with Crippen LogP contribution in [0.2, 0.25) is 0 Å². The van der Waals surface area contributed by atoms with E-state index >= 15 is 0 Å². The van der Waals surface area contributed by atoms with E-state index < -0.39 is 6.10 Å². The molecule has 0 amide bonds. The van der Waals surface area contributed by atoms with Crippen LogP contribution in [0.1, 0.15) is 303 Å². The summed E-state index contributed by atoms with van der Waals surface area (Å²) in [4.78, 5) is 38.1. The maximum Gasteiger partial charge on any atom is 0.306 e. The summed E-state index contributed by atoms with van der Waals surface area (Å²) < 4.78 is 16.9. The average Bonchev–Trinajstić information content (AvgIpc) is 3.30. The third-order valence-electron chi connectivity index (χ3n) is 12.6. The molecule has 0 aromatic carbocycles. The van der Waals surface area contributed by atoms with Crippen LogP contribution in [-0.4, -0.2) is 37.2 Å². The normalized spacial score (nSPS) is 12.2. The minimum atomic E-state index is -0.773. The topological polar surface area (TPSA) is 78.9 Å². The molecule has 1 atom stereocenters. The van der Waals surface area contributed by atoms with Crippen LogP contribution < -0.4 is 0 Å². The molecule has 0 spiro atoms. The number of unbranched alkanes of at least 4 members (excludes halogenated alkanes) is 35. The molecule has 6 nitrogen and oxygen atoms in total. The Kier molecular flexibility index (Phi) is 52.3. The lowest BCUT2D eigenvalue weighted by Crippen LogP contribution is -2.30. The summed E-state index contributed by atoms with van der Waals surface area (Å²) in [5, 5.41) is 0. The predicted molar refractivity (Wildman–Crippen MR) is 279 cm³/mol. The number of carbonyl (C=O) groups excluding carboxylic acids is 3. The van der Waals surface area contributed by atoms with Gasteiger partial charge in [0.15, 0.2) is 6.10 Å². The van der Waals surface area contributed by atoms with Crippen LogP contribution in [0.4, 0.5) is 0 Å². The highest BCUT2D eigenvalue weighted by molar-refractivity contribution is 5.71. The Morgan fingerprint density at radius 3 is 0.908 bits per heavy atom. The molecule has 0 aromatic heterocycles. The maximum absolute atomic E-state index is 12.8. The second-order valence-corrected chi connectivity index (χ2v) is 19.2. The zero-order valence-corrected chi connectivity index (χ0v) is 43.5. The van der Waals surface area contributed by atoms with Crippen LogP contribution in [0.3, 0.4) is 0 Å². The number of hydrogen-bond acceptors (Lipinski definition) is 6. The molecule has 0 heterocycles. The molecule has 0 saturated heterocycles. The summed E-state index contributed by atoms with van der Waals surface area (Å²) >= 11 is 0. The Hall–Kier alpha value is -2.37. The van der Waals surface area contributed by atoms with Crippen molar-refractivity contribution in [2.75, 3.05) is 13.2 Å². The molecule has 1 unspecified atom stereocenters. The molecule has 0 aliphatic heterocycles. The van der Waals surface area contributed by atoms with Gasteiger partial charge in [-0.3, -0.25) is 14.4 Å². The third-order valence-corrected chi connectivity index (χ3v) is 12.6. The van der Waals surface area contributed by atoms with Crippen molar-refractivity contribution in [2.24, 2.45) is 0 Å². The Morgan fingerprint density at radius 1 is 0.308 bits per heavy atom. The predicted octanol–water partition coefficient (Wildman–Crippen LogP) is 18.9. The number of rotatable bonds is 52. The van der Waals surface area contributed by atoms with E-state index in [1.807, 2.05) is 0 Å². The molecule has 0 rings (SSSR count). The zero-order valence-electron chi connectivity index (χ0n) is 43.5. The average molecular weight is 914 g/mol. The van der Waals surface area contributed by atoms with Gasteiger partial charge in [0, 0.05) is 19.3 Å². The molecular formula is C59H108O6. The van der Waals surface area contributed by atoms with Crippen molar-refractivity contribution in [1.29, 1.82) is 0 Å². The van der Waals surface area contributed by atoms with E-state index in [0.29, 0.717) is 19.3 Å². The number of hydrogen-bond donors (Lipinski definition) is 0. The SMILES string of the molecule is CCCCC/C=C\C/C=C\CCCCCCCCCCCC(=O)OCC(COC(=O)CCCCCCC/C=C\CCCCCC)OC(=O)CCCCCCCCCCCCCCCCC. The maximum atomic E-state index is 12.8. The van der Waals surface area contributed by atoms with Crippen LogP contribution in [0, 0.1) is 0 Å². The summed E-state index contributed by atoms with van der Waals surface area (Å²) in [6.45, 7) is 6.63. The van der Waals surface area contributed by atoms with E-state index in [0.717, 1.165) is 70.6 Å². The Balaban J connectivity index is 4.33. The fourth-order valence-electron chi connectivity index (χ4n) is 8.29. The molecule has 0 aliphatic carbocycles. The van der Waals surface area contributed by atoms with Gasteiger partial charge in [-0.1, -0.05) is 243 Å². The van der Waals surface area contributed by atoms with Crippen molar-refractivity contribution in [2.45, 2.75) is 309 Å². The first-order valence-corrected chi connectivity index (χ1v) is 28.5. The monoisotopic (exact) mass is 913 g/mol. The molecule has 0 aromatic rings.